The van der Waals surface area contributed by atoms with Gasteiger partial charge >= 0.3 is 0 Å². The molecule has 10 heteroatoms. The molecule has 1 aromatic carbocycles. The fraction of sp³-hybridized carbons (Fsp3) is 0.200. The van der Waals surface area contributed by atoms with Gasteiger partial charge in [-0.15, -0.1) is 0 Å². The highest BCUT2D eigenvalue weighted by Gasteiger charge is 2.11. The maximum atomic E-state index is 12.1. The van der Waals surface area contributed by atoms with Gasteiger partial charge in [-0.3, -0.25) is 4.79 Å². The van der Waals surface area contributed by atoms with E-state index < -0.39 is 5.56 Å². The van der Waals surface area contributed by atoms with E-state index >= 15 is 0 Å². The minimum Gasteiger partial charge on any atom is -0.383 e. The lowest BCUT2D eigenvalue weighted by molar-refractivity contribution is 0.377. The molecule has 25 heavy (non-hydrogen) atoms. The molecule has 0 fully saturated rings. The van der Waals surface area contributed by atoms with Crippen molar-refractivity contribution < 1.29 is 4.52 Å². The third kappa shape index (κ3) is 3.95. The van der Waals surface area contributed by atoms with Crippen molar-refractivity contribution >= 4 is 40.5 Å². The predicted octanol–water partition coefficient (Wildman–Crippen LogP) is 3.54. The highest BCUT2D eigenvalue weighted by atomic mass is 35.5. The van der Waals surface area contributed by atoms with E-state index in [-0.39, 0.29) is 10.0 Å². The Morgan fingerprint density at radius 1 is 1.24 bits per heavy atom. The Labute approximate surface area is 157 Å². The molecule has 3 aromatic rings. The van der Waals surface area contributed by atoms with E-state index in [9.17, 15) is 4.79 Å². The third-order valence-electron chi connectivity index (χ3n) is 3.30. The molecule has 0 radical (unpaired) electrons. The summed E-state index contributed by atoms with van der Waals surface area (Å²) in [6, 6.07) is 5.05. The number of aromatic nitrogens is 4. The zero-order valence-electron chi connectivity index (χ0n) is 13.0. The molecule has 0 unspecified atom stereocenters. The number of halogens is 3. The first-order valence-corrected chi connectivity index (χ1v) is 8.35. The number of nitrogens with one attached hydrogen (secondary N) is 1. The van der Waals surface area contributed by atoms with Crippen LogP contribution in [0.15, 0.2) is 33.7 Å². The van der Waals surface area contributed by atoms with E-state index in [2.05, 4.69) is 20.6 Å². The van der Waals surface area contributed by atoms with Gasteiger partial charge in [0.05, 0.1) is 27.6 Å². The van der Waals surface area contributed by atoms with Gasteiger partial charge in [-0.05, 0) is 25.1 Å². The van der Waals surface area contributed by atoms with Crippen LogP contribution in [0.3, 0.4) is 0 Å². The number of anilines is 1. The van der Waals surface area contributed by atoms with Crippen molar-refractivity contribution in [3.05, 3.63) is 61.5 Å². The van der Waals surface area contributed by atoms with Crippen LogP contribution in [0.25, 0.3) is 5.69 Å². The first-order chi connectivity index (χ1) is 12.0. The molecule has 2 heterocycles. The Morgan fingerprint density at radius 2 is 2.04 bits per heavy atom. The first kappa shape index (κ1) is 17.7. The standard InChI is InChI=1S/C15H12Cl3N5O2/c1-8-21-13(25-22-8)4-5-19-12-3-2-9(6-10(12)16)23-15(24)14(18)11(17)7-20-23/h2-3,6-7,19H,4-5H2,1H3. The molecule has 0 aliphatic rings. The minimum atomic E-state index is -0.516. The normalized spacial score (nSPS) is 10.9. The van der Waals surface area contributed by atoms with E-state index in [1.54, 1.807) is 25.1 Å². The van der Waals surface area contributed by atoms with Crippen LogP contribution in [-0.2, 0) is 6.42 Å². The SMILES string of the molecule is Cc1noc(CCNc2ccc(-n3ncc(Cl)c(Cl)c3=O)cc2Cl)n1. The molecular formula is C15H12Cl3N5O2. The van der Waals surface area contributed by atoms with Crippen LogP contribution in [0, 0.1) is 6.92 Å². The summed E-state index contributed by atoms with van der Waals surface area (Å²) in [4.78, 5) is 16.2. The predicted molar refractivity (Wildman–Crippen MR) is 96.1 cm³/mol. The van der Waals surface area contributed by atoms with Gasteiger partial charge in [-0.25, -0.2) is 0 Å². The Bertz CT molecular complexity index is 970. The zero-order chi connectivity index (χ0) is 18.0. The summed E-state index contributed by atoms with van der Waals surface area (Å²) >= 11 is 17.9. The molecule has 0 saturated heterocycles. The Hall–Kier alpha value is -2.09. The quantitative estimate of drug-likeness (QED) is 0.705. The van der Waals surface area contributed by atoms with Gasteiger partial charge in [-0.2, -0.15) is 14.8 Å². The van der Waals surface area contributed by atoms with Crippen LogP contribution in [0.4, 0.5) is 5.69 Å². The van der Waals surface area contributed by atoms with Crippen molar-refractivity contribution in [1.29, 1.82) is 0 Å². The number of hydrogen-bond acceptors (Lipinski definition) is 6. The topological polar surface area (TPSA) is 85.8 Å². The van der Waals surface area contributed by atoms with Crippen molar-refractivity contribution in [2.24, 2.45) is 0 Å². The lowest BCUT2D eigenvalue weighted by Crippen LogP contribution is -2.21. The van der Waals surface area contributed by atoms with Crippen LogP contribution in [-0.4, -0.2) is 26.5 Å². The minimum absolute atomic E-state index is 0.0927. The van der Waals surface area contributed by atoms with Crippen molar-refractivity contribution in [2.45, 2.75) is 13.3 Å². The summed E-state index contributed by atoms with van der Waals surface area (Å²) in [5.74, 6) is 1.14. The van der Waals surface area contributed by atoms with Crippen LogP contribution >= 0.6 is 34.8 Å². The van der Waals surface area contributed by atoms with Crippen LogP contribution < -0.4 is 10.9 Å². The molecule has 7 nitrogen and oxygen atoms in total. The molecule has 0 aliphatic carbocycles. The molecule has 3 rings (SSSR count). The Morgan fingerprint density at radius 3 is 2.72 bits per heavy atom. The Kier molecular flexibility index (Phi) is 5.27. The maximum absolute atomic E-state index is 12.1. The molecule has 0 amide bonds. The third-order valence-corrected chi connectivity index (χ3v) is 4.36. The van der Waals surface area contributed by atoms with Crippen LogP contribution in [0.2, 0.25) is 15.1 Å². The summed E-state index contributed by atoms with van der Waals surface area (Å²) in [6.45, 7) is 2.32. The first-order valence-electron chi connectivity index (χ1n) is 7.22. The summed E-state index contributed by atoms with van der Waals surface area (Å²) in [7, 11) is 0. The number of benzene rings is 1. The molecule has 0 atom stereocenters. The monoisotopic (exact) mass is 399 g/mol. The molecule has 0 aliphatic heterocycles. The molecule has 0 saturated carbocycles. The van der Waals surface area contributed by atoms with Gasteiger partial charge in [0.2, 0.25) is 5.89 Å². The zero-order valence-corrected chi connectivity index (χ0v) is 15.2. The highest BCUT2D eigenvalue weighted by molar-refractivity contribution is 6.41. The van der Waals surface area contributed by atoms with Crippen molar-refractivity contribution in [2.75, 3.05) is 11.9 Å². The summed E-state index contributed by atoms with van der Waals surface area (Å²) in [5.41, 5.74) is 0.666. The highest BCUT2D eigenvalue weighted by Crippen LogP contribution is 2.25. The molecular weight excluding hydrogens is 389 g/mol. The van der Waals surface area contributed by atoms with Gasteiger partial charge in [0, 0.05) is 13.0 Å². The van der Waals surface area contributed by atoms with E-state index in [1.165, 1.54) is 6.20 Å². The lowest BCUT2D eigenvalue weighted by atomic mass is 10.2. The summed E-state index contributed by atoms with van der Waals surface area (Å²) < 4.78 is 6.17. The number of nitrogens with zero attached hydrogens (tertiary/aromatic N) is 4. The van der Waals surface area contributed by atoms with E-state index in [0.29, 0.717) is 41.1 Å². The smallest absolute Gasteiger partial charge is 0.291 e. The second kappa shape index (κ2) is 7.43. The second-order valence-electron chi connectivity index (χ2n) is 5.10. The molecule has 2 aromatic heterocycles. The molecule has 1 N–H and O–H groups in total. The van der Waals surface area contributed by atoms with E-state index in [1.807, 2.05) is 0 Å². The largest absolute Gasteiger partial charge is 0.383 e. The second-order valence-corrected chi connectivity index (χ2v) is 6.29. The summed E-state index contributed by atoms with van der Waals surface area (Å²) in [6.07, 6.45) is 1.87. The fourth-order valence-electron chi connectivity index (χ4n) is 2.12. The molecule has 0 spiro atoms. The lowest BCUT2D eigenvalue weighted by Gasteiger charge is -2.10. The van der Waals surface area contributed by atoms with Crippen molar-refractivity contribution in [1.82, 2.24) is 19.9 Å². The number of rotatable bonds is 5. The van der Waals surface area contributed by atoms with Crippen molar-refractivity contribution in [3.8, 4) is 5.69 Å². The molecule has 130 valence electrons. The van der Waals surface area contributed by atoms with Gasteiger partial charge < -0.3 is 9.84 Å². The maximum Gasteiger partial charge on any atom is 0.291 e. The Balaban J connectivity index is 1.75. The average Bonchev–Trinajstić information content (AvgIpc) is 3.00. The van der Waals surface area contributed by atoms with Crippen LogP contribution in [0.1, 0.15) is 11.7 Å². The van der Waals surface area contributed by atoms with Gasteiger partial charge in [0.25, 0.3) is 5.56 Å². The molecule has 0 bridgehead atoms. The number of hydrogen-bond donors (Lipinski definition) is 1. The van der Waals surface area contributed by atoms with Gasteiger partial charge in [0.1, 0.15) is 5.02 Å². The average molecular weight is 401 g/mol. The van der Waals surface area contributed by atoms with E-state index in [0.717, 1.165) is 4.68 Å². The van der Waals surface area contributed by atoms with Gasteiger partial charge in [0.15, 0.2) is 5.82 Å². The number of aryl methyl sites for hydroxylation is 1. The van der Waals surface area contributed by atoms with Gasteiger partial charge in [-0.1, -0.05) is 40.0 Å². The van der Waals surface area contributed by atoms with Crippen molar-refractivity contribution in [3.63, 3.8) is 0 Å². The van der Waals surface area contributed by atoms with E-state index in [4.69, 9.17) is 39.3 Å². The van der Waals surface area contributed by atoms with Crippen LogP contribution in [0.5, 0.6) is 0 Å². The summed E-state index contributed by atoms with van der Waals surface area (Å²) in [5, 5.41) is 11.3. The fourth-order valence-corrected chi connectivity index (χ4v) is 2.62.